The number of carboxylic acids is 1. The largest absolute Gasteiger partial charge is 0.481 e. The van der Waals surface area contributed by atoms with Gasteiger partial charge in [-0.2, -0.15) is 5.06 Å². The van der Waals surface area contributed by atoms with Crippen molar-refractivity contribution < 1.29 is 14.7 Å². The fourth-order valence-corrected chi connectivity index (χ4v) is 2.99. The van der Waals surface area contributed by atoms with Gasteiger partial charge >= 0.3 is 5.97 Å². The van der Waals surface area contributed by atoms with Gasteiger partial charge in [0.2, 0.25) is 0 Å². The van der Waals surface area contributed by atoms with E-state index >= 15 is 0 Å². The number of hydroxylamine groups is 2. The molecule has 0 aromatic carbocycles. The summed E-state index contributed by atoms with van der Waals surface area (Å²) in [5, 5.41) is 11.2. The average Bonchev–Trinajstić information content (AvgIpc) is 2.35. The van der Waals surface area contributed by atoms with E-state index in [9.17, 15) is 9.90 Å². The molecule has 1 saturated carbocycles. The van der Waals surface area contributed by atoms with Crippen LogP contribution in [0.2, 0.25) is 0 Å². The number of hydrogen-bond donors (Lipinski definition) is 1. The van der Waals surface area contributed by atoms with E-state index < -0.39 is 11.4 Å². The number of piperidine rings is 1. The SMILES string of the molecule is CC1(C)CCC(ON2CCC(C)(C(=O)O)CC2)CC1. The van der Waals surface area contributed by atoms with Gasteiger partial charge in [0.05, 0.1) is 11.5 Å². The van der Waals surface area contributed by atoms with Crippen molar-refractivity contribution in [2.24, 2.45) is 10.8 Å². The van der Waals surface area contributed by atoms with Crippen LogP contribution in [0.5, 0.6) is 0 Å². The van der Waals surface area contributed by atoms with Crippen molar-refractivity contribution in [2.75, 3.05) is 13.1 Å². The molecule has 0 spiro atoms. The van der Waals surface area contributed by atoms with E-state index in [0.717, 1.165) is 25.9 Å². The van der Waals surface area contributed by atoms with E-state index in [2.05, 4.69) is 13.8 Å². The highest BCUT2D eigenvalue weighted by atomic mass is 16.7. The Morgan fingerprint density at radius 2 is 1.63 bits per heavy atom. The monoisotopic (exact) mass is 269 g/mol. The highest BCUT2D eigenvalue weighted by Crippen LogP contribution is 2.37. The molecular formula is C15H27NO3. The first kappa shape index (κ1) is 14.8. The molecule has 1 aliphatic heterocycles. The Labute approximate surface area is 116 Å². The molecular weight excluding hydrogens is 242 g/mol. The minimum absolute atomic E-state index is 0.335. The minimum atomic E-state index is -0.674. The molecule has 0 aromatic heterocycles. The predicted molar refractivity (Wildman–Crippen MR) is 73.7 cm³/mol. The molecule has 0 amide bonds. The standard InChI is InChI=1S/C15H27NO3/c1-14(2)6-4-12(5-7-14)19-16-10-8-15(3,9-11-16)13(17)18/h12H,4-11H2,1-3H3,(H,17,18). The Hall–Kier alpha value is -0.610. The smallest absolute Gasteiger partial charge is 0.309 e. The minimum Gasteiger partial charge on any atom is -0.481 e. The molecule has 2 fully saturated rings. The summed E-state index contributed by atoms with van der Waals surface area (Å²) in [5.41, 5.74) is -0.0992. The molecule has 4 heteroatoms. The van der Waals surface area contributed by atoms with Crippen molar-refractivity contribution in [3.05, 3.63) is 0 Å². The third kappa shape index (κ3) is 3.69. The van der Waals surface area contributed by atoms with Crippen LogP contribution in [0.3, 0.4) is 0 Å². The quantitative estimate of drug-likeness (QED) is 0.855. The Balaban J connectivity index is 1.76. The Bertz CT molecular complexity index is 322. The van der Waals surface area contributed by atoms with Crippen LogP contribution in [0.4, 0.5) is 0 Å². The average molecular weight is 269 g/mol. The molecule has 0 aromatic rings. The van der Waals surface area contributed by atoms with Gasteiger partial charge in [-0.3, -0.25) is 9.63 Å². The van der Waals surface area contributed by atoms with Crippen molar-refractivity contribution in [3.8, 4) is 0 Å². The summed E-state index contributed by atoms with van der Waals surface area (Å²) in [7, 11) is 0. The van der Waals surface area contributed by atoms with Gasteiger partial charge in [-0.1, -0.05) is 13.8 Å². The molecule has 0 atom stereocenters. The second-order valence-corrected chi connectivity index (χ2v) is 7.26. The summed E-state index contributed by atoms with van der Waals surface area (Å²) < 4.78 is 0. The van der Waals surface area contributed by atoms with E-state index in [-0.39, 0.29) is 0 Å². The Kier molecular flexibility index (Phi) is 4.21. The molecule has 0 unspecified atom stereocenters. The van der Waals surface area contributed by atoms with Crippen molar-refractivity contribution in [3.63, 3.8) is 0 Å². The number of hydrogen-bond acceptors (Lipinski definition) is 3. The van der Waals surface area contributed by atoms with Gasteiger partial charge in [0.1, 0.15) is 0 Å². The zero-order valence-electron chi connectivity index (χ0n) is 12.4. The zero-order chi connectivity index (χ0) is 14.1. The predicted octanol–water partition coefficient (Wildman–Crippen LogP) is 3.07. The van der Waals surface area contributed by atoms with E-state index in [4.69, 9.17) is 4.84 Å². The maximum Gasteiger partial charge on any atom is 0.309 e. The molecule has 110 valence electrons. The van der Waals surface area contributed by atoms with Crippen molar-refractivity contribution in [2.45, 2.75) is 65.4 Å². The Morgan fingerprint density at radius 3 is 2.11 bits per heavy atom. The highest BCUT2D eigenvalue weighted by molar-refractivity contribution is 5.74. The normalized spacial score (nSPS) is 28.2. The molecule has 1 aliphatic carbocycles. The van der Waals surface area contributed by atoms with Crippen LogP contribution in [0.1, 0.15) is 59.3 Å². The fourth-order valence-electron chi connectivity index (χ4n) is 2.99. The van der Waals surface area contributed by atoms with Crippen LogP contribution in [0, 0.1) is 10.8 Å². The van der Waals surface area contributed by atoms with Gasteiger partial charge < -0.3 is 5.11 Å². The number of carbonyl (C=O) groups is 1. The number of carboxylic acid groups (broad SMARTS) is 1. The zero-order valence-corrected chi connectivity index (χ0v) is 12.4. The first-order valence-electron chi connectivity index (χ1n) is 7.46. The van der Waals surface area contributed by atoms with Gasteiger partial charge in [0.15, 0.2) is 0 Å². The van der Waals surface area contributed by atoms with Crippen molar-refractivity contribution in [1.29, 1.82) is 0 Å². The molecule has 0 bridgehead atoms. The van der Waals surface area contributed by atoms with Crippen LogP contribution >= 0.6 is 0 Å². The van der Waals surface area contributed by atoms with Crippen LogP contribution in [-0.4, -0.2) is 35.3 Å². The number of nitrogens with zero attached hydrogens (tertiary/aromatic N) is 1. The molecule has 1 saturated heterocycles. The summed E-state index contributed by atoms with van der Waals surface area (Å²) in [5.74, 6) is -0.674. The van der Waals surface area contributed by atoms with Gasteiger partial charge in [-0.05, 0) is 50.9 Å². The highest BCUT2D eigenvalue weighted by Gasteiger charge is 2.38. The van der Waals surface area contributed by atoms with Gasteiger partial charge in [-0.25, -0.2) is 0 Å². The summed E-state index contributed by atoms with van der Waals surface area (Å²) in [6.45, 7) is 7.96. The molecule has 19 heavy (non-hydrogen) atoms. The lowest BCUT2D eigenvalue weighted by atomic mass is 9.76. The van der Waals surface area contributed by atoms with Crippen LogP contribution < -0.4 is 0 Å². The maximum atomic E-state index is 11.2. The lowest BCUT2D eigenvalue weighted by molar-refractivity contribution is -0.227. The lowest BCUT2D eigenvalue weighted by Crippen LogP contribution is -2.44. The van der Waals surface area contributed by atoms with Gasteiger partial charge in [0, 0.05) is 13.1 Å². The van der Waals surface area contributed by atoms with Crippen molar-refractivity contribution in [1.82, 2.24) is 5.06 Å². The first-order valence-corrected chi connectivity index (χ1v) is 7.46. The lowest BCUT2D eigenvalue weighted by Gasteiger charge is -2.40. The molecule has 1 heterocycles. The maximum absolute atomic E-state index is 11.2. The topological polar surface area (TPSA) is 49.8 Å². The van der Waals surface area contributed by atoms with Crippen LogP contribution in [-0.2, 0) is 9.63 Å². The molecule has 0 radical (unpaired) electrons. The number of rotatable bonds is 3. The molecule has 4 nitrogen and oxygen atoms in total. The van der Waals surface area contributed by atoms with Gasteiger partial charge in [-0.15, -0.1) is 0 Å². The summed E-state index contributed by atoms with van der Waals surface area (Å²) in [6.07, 6.45) is 6.39. The van der Waals surface area contributed by atoms with E-state index in [1.807, 2.05) is 12.0 Å². The van der Waals surface area contributed by atoms with Crippen LogP contribution in [0.15, 0.2) is 0 Å². The van der Waals surface area contributed by atoms with E-state index in [0.29, 0.717) is 24.4 Å². The third-order valence-electron chi connectivity index (χ3n) is 4.93. The van der Waals surface area contributed by atoms with Crippen molar-refractivity contribution >= 4 is 5.97 Å². The second kappa shape index (κ2) is 5.41. The third-order valence-corrected chi connectivity index (χ3v) is 4.93. The number of aliphatic carboxylic acids is 1. The van der Waals surface area contributed by atoms with E-state index in [1.54, 1.807) is 0 Å². The summed E-state index contributed by atoms with van der Waals surface area (Å²) >= 11 is 0. The summed E-state index contributed by atoms with van der Waals surface area (Å²) in [4.78, 5) is 17.2. The summed E-state index contributed by atoms with van der Waals surface area (Å²) in [6, 6.07) is 0. The molecule has 1 N–H and O–H groups in total. The fraction of sp³-hybridized carbons (Fsp3) is 0.933. The Morgan fingerprint density at radius 1 is 1.11 bits per heavy atom. The second-order valence-electron chi connectivity index (χ2n) is 7.26. The first-order chi connectivity index (χ1) is 8.81. The van der Waals surface area contributed by atoms with E-state index in [1.165, 1.54) is 12.8 Å². The van der Waals surface area contributed by atoms with Gasteiger partial charge in [0.25, 0.3) is 0 Å². The molecule has 2 aliphatic rings. The van der Waals surface area contributed by atoms with Crippen LogP contribution in [0.25, 0.3) is 0 Å². The molecule has 2 rings (SSSR count).